The minimum absolute atomic E-state index is 0.184. The van der Waals surface area contributed by atoms with E-state index in [-0.39, 0.29) is 11.8 Å². The number of nitrogens with one attached hydrogen (secondary N) is 2. The van der Waals surface area contributed by atoms with Crippen molar-refractivity contribution in [3.05, 3.63) is 12.2 Å². The molecule has 4 heteroatoms. The fourth-order valence-electron chi connectivity index (χ4n) is 1.75. The quantitative estimate of drug-likeness (QED) is 0.496. The number of hydrogen-bond acceptors (Lipinski definition) is 3. The molecule has 0 fully saturated rings. The van der Waals surface area contributed by atoms with E-state index in [9.17, 15) is 4.79 Å². The number of allylic oxidation sites excluding steroid dienone is 2. The smallest absolute Gasteiger partial charge is 0.223 e. The Hall–Kier alpha value is -0.870. The molecule has 1 aliphatic rings. The van der Waals surface area contributed by atoms with Crippen molar-refractivity contribution in [2.24, 2.45) is 5.92 Å². The Morgan fingerprint density at radius 3 is 2.94 bits per heavy atom. The molecule has 92 valence electrons. The van der Waals surface area contributed by atoms with Gasteiger partial charge < -0.3 is 15.4 Å². The molecule has 0 aliphatic heterocycles. The molecule has 0 aromatic rings. The molecule has 0 spiro atoms. The molecule has 0 bridgehead atoms. The lowest BCUT2D eigenvalue weighted by Crippen LogP contribution is -2.36. The van der Waals surface area contributed by atoms with Crippen molar-refractivity contribution in [2.75, 3.05) is 33.4 Å². The van der Waals surface area contributed by atoms with E-state index in [1.807, 2.05) is 0 Å². The van der Waals surface area contributed by atoms with Gasteiger partial charge in [0.1, 0.15) is 0 Å². The van der Waals surface area contributed by atoms with Crippen molar-refractivity contribution in [1.82, 2.24) is 10.6 Å². The van der Waals surface area contributed by atoms with Crippen LogP contribution in [-0.4, -0.2) is 39.3 Å². The van der Waals surface area contributed by atoms with Crippen molar-refractivity contribution < 1.29 is 9.53 Å². The Kier molecular flexibility index (Phi) is 6.85. The van der Waals surface area contributed by atoms with Crippen LogP contribution in [0.2, 0.25) is 0 Å². The summed E-state index contributed by atoms with van der Waals surface area (Å²) >= 11 is 0. The summed E-state index contributed by atoms with van der Waals surface area (Å²) in [6.45, 7) is 3.04. The van der Waals surface area contributed by atoms with Gasteiger partial charge in [0.15, 0.2) is 0 Å². The van der Waals surface area contributed by atoms with Gasteiger partial charge in [-0.05, 0) is 19.3 Å². The van der Waals surface area contributed by atoms with Crippen LogP contribution in [0, 0.1) is 5.92 Å². The second kappa shape index (κ2) is 8.30. The van der Waals surface area contributed by atoms with Crippen LogP contribution in [0.1, 0.15) is 19.3 Å². The summed E-state index contributed by atoms with van der Waals surface area (Å²) in [5, 5.41) is 6.14. The Morgan fingerprint density at radius 1 is 1.38 bits per heavy atom. The summed E-state index contributed by atoms with van der Waals surface area (Å²) in [4.78, 5) is 11.7. The molecule has 1 amide bonds. The highest BCUT2D eigenvalue weighted by atomic mass is 16.5. The second-order valence-corrected chi connectivity index (χ2v) is 4.02. The predicted octanol–water partition coefficient (Wildman–Crippen LogP) is 0.695. The molecule has 1 rings (SSSR count). The zero-order valence-electron chi connectivity index (χ0n) is 10.00. The molecule has 0 radical (unpaired) electrons. The van der Waals surface area contributed by atoms with Crippen LogP contribution in [0.5, 0.6) is 0 Å². The van der Waals surface area contributed by atoms with E-state index in [2.05, 4.69) is 22.8 Å². The van der Waals surface area contributed by atoms with Crippen LogP contribution in [0.4, 0.5) is 0 Å². The first-order valence-corrected chi connectivity index (χ1v) is 5.97. The van der Waals surface area contributed by atoms with Crippen molar-refractivity contribution in [1.29, 1.82) is 0 Å². The first-order chi connectivity index (χ1) is 7.84. The lowest BCUT2D eigenvalue weighted by Gasteiger charge is -2.17. The molecular formula is C12H22N2O2. The average molecular weight is 226 g/mol. The molecule has 1 aliphatic carbocycles. The van der Waals surface area contributed by atoms with Crippen molar-refractivity contribution >= 4 is 5.91 Å². The second-order valence-electron chi connectivity index (χ2n) is 4.02. The summed E-state index contributed by atoms with van der Waals surface area (Å²) < 4.78 is 4.91. The highest BCUT2D eigenvalue weighted by molar-refractivity contribution is 5.78. The van der Waals surface area contributed by atoms with Gasteiger partial charge in [0.2, 0.25) is 5.91 Å². The van der Waals surface area contributed by atoms with Gasteiger partial charge in [-0.15, -0.1) is 0 Å². The van der Waals surface area contributed by atoms with E-state index in [1.54, 1.807) is 7.11 Å². The van der Waals surface area contributed by atoms with Crippen LogP contribution >= 0.6 is 0 Å². The Morgan fingerprint density at radius 2 is 2.25 bits per heavy atom. The molecule has 4 nitrogen and oxygen atoms in total. The highest BCUT2D eigenvalue weighted by Crippen LogP contribution is 2.17. The third-order valence-electron chi connectivity index (χ3n) is 2.72. The number of amides is 1. The maximum Gasteiger partial charge on any atom is 0.223 e. The van der Waals surface area contributed by atoms with Gasteiger partial charge in [-0.2, -0.15) is 0 Å². The topological polar surface area (TPSA) is 50.4 Å². The fraction of sp³-hybridized carbons (Fsp3) is 0.750. The van der Waals surface area contributed by atoms with E-state index >= 15 is 0 Å². The van der Waals surface area contributed by atoms with Gasteiger partial charge in [0.25, 0.3) is 0 Å². The lowest BCUT2D eigenvalue weighted by atomic mass is 9.94. The van der Waals surface area contributed by atoms with Crippen LogP contribution in [0.25, 0.3) is 0 Å². The lowest BCUT2D eigenvalue weighted by molar-refractivity contribution is -0.125. The molecule has 16 heavy (non-hydrogen) atoms. The van der Waals surface area contributed by atoms with E-state index in [4.69, 9.17) is 4.74 Å². The zero-order valence-corrected chi connectivity index (χ0v) is 10.00. The van der Waals surface area contributed by atoms with Gasteiger partial charge in [-0.25, -0.2) is 0 Å². The minimum Gasteiger partial charge on any atom is -0.383 e. The molecule has 0 aromatic carbocycles. The summed E-state index contributed by atoms with van der Waals surface area (Å²) in [6, 6.07) is 0. The normalized spacial score (nSPS) is 19.7. The maximum atomic E-state index is 11.7. The number of rotatable bonds is 7. The van der Waals surface area contributed by atoms with Gasteiger partial charge in [-0.1, -0.05) is 12.2 Å². The van der Waals surface area contributed by atoms with Gasteiger partial charge in [0.05, 0.1) is 6.61 Å². The molecule has 2 N–H and O–H groups in total. The number of carbonyl (C=O) groups is 1. The number of hydrogen-bond donors (Lipinski definition) is 2. The first kappa shape index (κ1) is 13.2. The Bertz CT molecular complexity index is 229. The van der Waals surface area contributed by atoms with E-state index < -0.39 is 0 Å². The van der Waals surface area contributed by atoms with Gasteiger partial charge in [0, 0.05) is 32.7 Å². The summed E-state index contributed by atoms with van der Waals surface area (Å²) in [5.74, 6) is 0.377. The molecule has 0 heterocycles. The van der Waals surface area contributed by atoms with Crippen LogP contribution < -0.4 is 10.6 Å². The summed E-state index contributed by atoms with van der Waals surface area (Å²) in [7, 11) is 1.68. The average Bonchev–Trinajstić information content (AvgIpc) is 2.34. The molecule has 0 saturated carbocycles. The van der Waals surface area contributed by atoms with Crippen LogP contribution in [0.15, 0.2) is 12.2 Å². The number of methoxy groups -OCH3 is 1. The van der Waals surface area contributed by atoms with Crippen molar-refractivity contribution in [2.45, 2.75) is 19.3 Å². The summed E-state index contributed by atoms with van der Waals surface area (Å²) in [6.07, 6.45) is 7.16. The fourth-order valence-corrected chi connectivity index (χ4v) is 1.75. The standard InChI is InChI=1S/C12H22N2O2/c1-16-10-9-13-7-8-14-12(15)11-5-3-2-4-6-11/h2-3,11,13H,4-10H2,1H3,(H,14,15). The summed E-state index contributed by atoms with van der Waals surface area (Å²) in [5.41, 5.74) is 0. The highest BCUT2D eigenvalue weighted by Gasteiger charge is 2.17. The molecular weight excluding hydrogens is 204 g/mol. The van der Waals surface area contributed by atoms with Crippen molar-refractivity contribution in [3.8, 4) is 0 Å². The largest absolute Gasteiger partial charge is 0.383 e. The monoisotopic (exact) mass is 226 g/mol. The minimum atomic E-state index is 0.184. The SMILES string of the molecule is COCCNCCNC(=O)C1CC=CCC1. The van der Waals surface area contributed by atoms with E-state index in [1.165, 1.54) is 0 Å². The van der Waals surface area contributed by atoms with E-state index in [0.29, 0.717) is 13.2 Å². The molecule has 0 saturated heterocycles. The van der Waals surface area contributed by atoms with Gasteiger partial charge >= 0.3 is 0 Å². The van der Waals surface area contributed by atoms with Crippen LogP contribution in [-0.2, 0) is 9.53 Å². The molecule has 1 unspecified atom stereocenters. The predicted molar refractivity (Wildman–Crippen MR) is 64.2 cm³/mol. The number of carbonyl (C=O) groups excluding carboxylic acids is 1. The zero-order chi connectivity index (χ0) is 11.6. The maximum absolute atomic E-state index is 11.7. The Labute approximate surface area is 97.4 Å². The first-order valence-electron chi connectivity index (χ1n) is 5.97. The number of ether oxygens (including phenoxy) is 1. The van der Waals surface area contributed by atoms with E-state index in [0.717, 1.165) is 32.4 Å². The van der Waals surface area contributed by atoms with Crippen LogP contribution in [0.3, 0.4) is 0 Å². The Balaban J connectivity index is 1.99. The third kappa shape index (κ3) is 5.28. The molecule has 1 atom stereocenters. The third-order valence-corrected chi connectivity index (χ3v) is 2.72. The molecule has 0 aromatic heterocycles. The van der Waals surface area contributed by atoms with Gasteiger partial charge in [-0.3, -0.25) is 4.79 Å². The van der Waals surface area contributed by atoms with Crippen molar-refractivity contribution in [3.63, 3.8) is 0 Å².